The molecule has 3 nitrogen and oxygen atoms in total. The van der Waals surface area contributed by atoms with Crippen molar-refractivity contribution in [1.29, 1.82) is 0 Å². The van der Waals surface area contributed by atoms with E-state index in [0.717, 1.165) is 31.4 Å². The number of halogens is 3. The van der Waals surface area contributed by atoms with E-state index in [1.54, 1.807) is 13.0 Å². The molecule has 0 heterocycles. The van der Waals surface area contributed by atoms with Crippen molar-refractivity contribution in [2.45, 2.75) is 51.2 Å². The van der Waals surface area contributed by atoms with Gasteiger partial charge in [0, 0.05) is 17.8 Å². The van der Waals surface area contributed by atoms with Crippen molar-refractivity contribution >= 4 is 11.7 Å². The third kappa shape index (κ3) is 3.88. The lowest BCUT2D eigenvalue weighted by Crippen LogP contribution is -2.43. The summed E-state index contributed by atoms with van der Waals surface area (Å²) in [5.41, 5.74) is -0.292. The van der Waals surface area contributed by atoms with Gasteiger partial charge in [-0.3, -0.25) is 9.59 Å². The number of carbonyl (C=O) groups excluding carboxylic acids is 2. The number of carbonyl (C=O) groups is 2. The van der Waals surface area contributed by atoms with Gasteiger partial charge < -0.3 is 5.32 Å². The van der Waals surface area contributed by atoms with Gasteiger partial charge in [0.2, 0.25) is 5.91 Å². The van der Waals surface area contributed by atoms with Crippen LogP contribution in [0.2, 0.25) is 0 Å². The van der Waals surface area contributed by atoms with Crippen molar-refractivity contribution < 1.29 is 22.8 Å². The molecule has 2 aliphatic rings. The second-order valence-electron chi connectivity index (χ2n) is 7.25. The van der Waals surface area contributed by atoms with Crippen molar-refractivity contribution in [3.05, 3.63) is 35.4 Å². The smallest absolute Gasteiger partial charge is 0.349 e. The number of fused-ring (bicyclic) bond motifs is 2. The number of Topliss-reactive ketones (excluding diaryl/α,β-unsaturated/α-hetero) is 1. The van der Waals surface area contributed by atoms with Gasteiger partial charge in [-0.2, -0.15) is 13.2 Å². The van der Waals surface area contributed by atoms with E-state index in [9.17, 15) is 22.8 Å². The van der Waals surface area contributed by atoms with Gasteiger partial charge in [0.25, 0.3) is 0 Å². The lowest BCUT2D eigenvalue weighted by atomic mass is 9.67. The van der Waals surface area contributed by atoms with Crippen molar-refractivity contribution in [3.63, 3.8) is 0 Å². The standard InChI is InChI=1S/C19H22F3NO2/c1-11(12-4-3-7-16(10-12)19(20,21)22)23-18(25)15-8-13-5-2-6-14(9-15)17(13)24/h3-4,7,10-11,13-15H,2,5-6,8-9H2,1H3,(H,23,25). The van der Waals surface area contributed by atoms with Gasteiger partial charge in [0.05, 0.1) is 11.6 Å². The first-order valence-electron chi connectivity index (χ1n) is 8.77. The Morgan fingerprint density at radius 1 is 1.20 bits per heavy atom. The van der Waals surface area contributed by atoms with E-state index in [4.69, 9.17) is 0 Å². The van der Waals surface area contributed by atoms with Crippen molar-refractivity contribution in [2.24, 2.45) is 17.8 Å². The Hall–Kier alpha value is -1.85. The van der Waals surface area contributed by atoms with Gasteiger partial charge in [0.1, 0.15) is 5.78 Å². The first-order valence-corrected chi connectivity index (χ1v) is 8.77. The molecular formula is C19H22F3NO2. The third-order valence-corrected chi connectivity index (χ3v) is 5.49. The number of hydrogen-bond donors (Lipinski definition) is 1. The van der Waals surface area contributed by atoms with Crippen molar-refractivity contribution in [1.82, 2.24) is 5.32 Å². The molecule has 1 aromatic rings. The molecule has 3 unspecified atom stereocenters. The van der Waals surface area contributed by atoms with Crippen LogP contribution in [0.3, 0.4) is 0 Å². The Kier molecular flexibility index (Phi) is 4.89. The van der Waals surface area contributed by atoms with Gasteiger partial charge in [-0.25, -0.2) is 0 Å². The topological polar surface area (TPSA) is 46.2 Å². The van der Waals surface area contributed by atoms with E-state index >= 15 is 0 Å². The zero-order valence-electron chi connectivity index (χ0n) is 14.1. The first kappa shape index (κ1) is 18.0. The number of benzene rings is 1. The summed E-state index contributed by atoms with van der Waals surface area (Å²) in [6, 6.07) is 4.52. The largest absolute Gasteiger partial charge is 0.416 e. The molecule has 136 valence electrons. The van der Waals surface area contributed by atoms with E-state index in [1.165, 1.54) is 6.07 Å². The quantitative estimate of drug-likeness (QED) is 0.882. The minimum Gasteiger partial charge on any atom is -0.349 e. The number of amides is 1. The SMILES string of the molecule is CC(NC(=O)C1CC2CCCC(C1)C2=O)c1cccc(C(F)(F)F)c1. The Labute approximate surface area is 145 Å². The summed E-state index contributed by atoms with van der Waals surface area (Å²) in [5, 5.41) is 2.83. The maximum atomic E-state index is 12.8. The Morgan fingerprint density at radius 3 is 2.44 bits per heavy atom. The fourth-order valence-electron chi connectivity index (χ4n) is 4.09. The monoisotopic (exact) mass is 353 g/mol. The van der Waals surface area contributed by atoms with Crippen molar-refractivity contribution in [2.75, 3.05) is 0 Å². The molecule has 2 bridgehead atoms. The minimum absolute atomic E-state index is 0.0212. The molecule has 2 fully saturated rings. The Bertz CT molecular complexity index is 655. The second kappa shape index (κ2) is 6.81. The van der Waals surface area contributed by atoms with Crippen LogP contribution in [0.15, 0.2) is 24.3 Å². The number of ketones is 1. The molecule has 2 aliphatic carbocycles. The van der Waals surface area contributed by atoms with E-state index in [2.05, 4.69) is 5.32 Å². The molecule has 6 heteroatoms. The summed E-state index contributed by atoms with van der Waals surface area (Å²) in [7, 11) is 0. The van der Waals surface area contributed by atoms with E-state index in [-0.39, 0.29) is 23.7 Å². The second-order valence-corrected chi connectivity index (χ2v) is 7.25. The molecule has 2 saturated carbocycles. The molecule has 0 aliphatic heterocycles. The summed E-state index contributed by atoms with van der Waals surface area (Å²) in [6.07, 6.45) is -0.533. The summed E-state index contributed by atoms with van der Waals surface area (Å²) in [4.78, 5) is 24.7. The highest BCUT2D eigenvalue weighted by molar-refractivity contribution is 5.88. The zero-order valence-corrected chi connectivity index (χ0v) is 14.1. The van der Waals surface area contributed by atoms with Crippen LogP contribution < -0.4 is 5.32 Å². The van der Waals surface area contributed by atoms with Crippen LogP contribution in [0.5, 0.6) is 0 Å². The third-order valence-electron chi connectivity index (χ3n) is 5.49. The predicted molar refractivity (Wildman–Crippen MR) is 86.6 cm³/mol. The molecule has 3 rings (SSSR count). The molecule has 0 aromatic heterocycles. The summed E-state index contributed by atoms with van der Waals surface area (Å²) >= 11 is 0. The molecule has 1 amide bonds. The molecule has 1 aromatic carbocycles. The molecule has 1 N–H and O–H groups in total. The van der Waals surface area contributed by atoms with Crippen LogP contribution in [0, 0.1) is 17.8 Å². The highest BCUT2D eigenvalue weighted by Crippen LogP contribution is 2.40. The average molecular weight is 353 g/mol. The lowest BCUT2D eigenvalue weighted by Gasteiger charge is -2.37. The molecule has 0 spiro atoms. The number of hydrogen-bond acceptors (Lipinski definition) is 2. The molecule has 3 atom stereocenters. The number of rotatable bonds is 3. The summed E-state index contributed by atoms with van der Waals surface area (Å²) in [5.74, 6) is -0.129. The van der Waals surface area contributed by atoms with E-state index < -0.39 is 17.8 Å². The minimum atomic E-state index is -4.40. The van der Waals surface area contributed by atoms with Crippen LogP contribution in [-0.4, -0.2) is 11.7 Å². The van der Waals surface area contributed by atoms with Gasteiger partial charge >= 0.3 is 6.18 Å². The maximum Gasteiger partial charge on any atom is 0.416 e. The Balaban J connectivity index is 1.66. The maximum absolute atomic E-state index is 12.8. The zero-order chi connectivity index (χ0) is 18.2. The van der Waals surface area contributed by atoms with E-state index in [1.807, 2.05) is 0 Å². The number of alkyl halides is 3. The fourth-order valence-corrected chi connectivity index (χ4v) is 4.09. The van der Waals surface area contributed by atoms with Gasteiger partial charge in [-0.1, -0.05) is 18.6 Å². The number of nitrogens with one attached hydrogen (secondary N) is 1. The predicted octanol–water partition coefficient (Wildman–Crippen LogP) is 4.28. The van der Waals surface area contributed by atoms with Crippen LogP contribution in [0.25, 0.3) is 0 Å². The highest BCUT2D eigenvalue weighted by atomic mass is 19.4. The van der Waals surface area contributed by atoms with Gasteiger partial charge in [-0.15, -0.1) is 0 Å². The van der Waals surface area contributed by atoms with Crippen LogP contribution in [0.1, 0.15) is 56.2 Å². The van der Waals surface area contributed by atoms with Gasteiger partial charge in [-0.05, 0) is 50.3 Å². The van der Waals surface area contributed by atoms with Crippen molar-refractivity contribution in [3.8, 4) is 0 Å². The molecule has 0 saturated heterocycles. The molecule has 0 radical (unpaired) electrons. The van der Waals surface area contributed by atoms with E-state index in [0.29, 0.717) is 24.2 Å². The van der Waals surface area contributed by atoms with Crippen LogP contribution >= 0.6 is 0 Å². The van der Waals surface area contributed by atoms with Gasteiger partial charge in [0.15, 0.2) is 0 Å². The summed E-state index contributed by atoms with van der Waals surface area (Å²) < 4.78 is 38.5. The van der Waals surface area contributed by atoms with Crippen LogP contribution in [-0.2, 0) is 15.8 Å². The lowest BCUT2D eigenvalue weighted by molar-refractivity contribution is -0.138. The average Bonchev–Trinajstić information content (AvgIpc) is 2.53. The fraction of sp³-hybridized carbons (Fsp3) is 0.579. The first-order chi connectivity index (χ1) is 11.8. The Morgan fingerprint density at radius 2 is 1.84 bits per heavy atom. The normalized spacial score (nSPS) is 27.7. The molecule has 25 heavy (non-hydrogen) atoms. The molecular weight excluding hydrogens is 331 g/mol. The summed E-state index contributed by atoms with van der Waals surface area (Å²) in [6.45, 7) is 1.68. The van der Waals surface area contributed by atoms with Crippen LogP contribution in [0.4, 0.5) is 13.2 Å². The highest BCUT2D eigenvalue weighted by Gasteiger charge is 2.41.